The summed E-state index contributed by atoms with van der Waals surface area (Å²) in [6, 6.07) is 4.43. The summed E-state index contributed by atoms with van der Waals surface area (Å²) < 4.78 is 48.2. The fraction of sp³-hybridized carbons (Fsp3) is 0.333. The van der Waals surface area contributed by atoms with Gasteiger partial charge in [0.15, 0.2) is 9.84 Å². The zero-order valence-electron chi connectivity index (χ0n) is 10.6. The first-order valence-corrected chi connectivity index (χ1v) is 8.91. The summed E-state index contributed by atoms with van der Waals surface area (Å²) in [5.74, 6) is -0.471. The summed E-state index contributed by atoms with van der Waals surface area (Å²) in [5.41, 5.74) is 6.49. The Hall–Kier alpha value is -1.34. The summed E-state index contributed by atoms with van der Waals surface area (Å²) in [7, 11) is -7.16. The second kappa shape index (κ2) is 4.35. The number of nitrogens with two attached hydrogens (primary N) is 1. The molecule has 5 nitrogen and oxygen atoms in total. The standard InChI is InChI=1S/C12H15NO4S2/c1-8(2)18(14,15)7-11-6-9-5-10(13)3-4-12(9)19(11,16)17/h3-6,8H,7,13H2,1-2H3. The third-order valence-electron chi connectivity index (χ3n) is 3.05. The van der Waals surface area contributed by atoms with Crippen molar-refractivity contribution in [3.05, 3.63) is 28.7 Å². The van der Waals surface area contributed by atoms with Gasteiger partial charge in [-0.25, -0.2) is 16.8 Å². The smallest absolute Gasteiger partial charge is 0.204 e. The summed E-state index contributed by atoms with van der Waals surface area (Å²) in [6.07, 6.45) is 1.39. The van der Waals surface area contributed by atoms with Crippen molar-refractivity contribution in [2.24, 2.45) is 0 Å². The highest BCUT2D eigenvalue weighted by Crippen LogP contribution is 2.34. The van der Waals surface area contributed by atoms with Gasteiger partial charge >= 0.3 is 0 Å². The van der Waals surface area contributed by atoms with Gasteiger partial charge < -0.3 is 5.73 Å². The molecule has 0 spiro atoms. The van der Waals surface area contributed by atoms with Gasteiger partial charge in [-0.15, -0.1) is 0 Å². The first kappa shape index (κ1) is 14.1. The minimum absolute atomic E-state index is 0.0817. The van der Waals surface area contributed by atoms with E-state index < -0.39 is 30.7 Å². The fourth-order valence-corrected chi connectivity index (χ4v) is 4.97. The molecule has 0 amide bonds. The number of hydrogen-bond donors (Lipinski definition) is 1. The second-order valence-electron chi connectivity index (χ2n) is 4.77. The van der Waals surface area contributed by atoms with Crippen LogP contribution in [0.4, 0.5) is 5.69 Å². The highest BCUT2D eigenvalue weighted by atomic mass is 32.2. The Morgan fingerprint density at radius 1 is 1.26 bits per heavy atom. The van der Waals surface area contributed by atoms with Crippen LogP contribution >= 0.6 is 0 Å². The summed E-state index contributed by atoms with van der Waals surface area (Å²) in [6.45, 7) is 3.06. The van der Waals surface area contributed by atoms with Crippen molar-refractivity contribution in [1.29, 1.82) is 0 Å². The summed E-state index contributed by atoms with van der Waals surface area (Å²) in [5, 5.41) is -0.614. The van der Waals surface area contributed by atoms with Crippen LogP contribution in [-0.4, -0.2) is 27.8 Å². The Bertz CT molecular complexity index is 759. The molecule has 1 heterocycles. The largest absolute Gasteiger partial charge is 0.399 e. The van der Waals surface area contributed by atoms with Crippen molar-refractivity contribution in [2.45, 2.75) is 24.0 Å². The normalized spacial score (nSPS) is 17.3. The van der Waals surface area contributed by atoms with Crippen LogP contribution < -0.4 is 5.73 Å². The van der Waals surface area contributed by atoms with Crippen molar-refractivity contribution >= 4 is 31.4 Å². The van der Waals surface area contributed by atoms with Crippen molar-refractivity contribution in [3.8, 4) is 0 Å². The van der Waals surface area contributed by atoms with Gasteiger partial charge in [0, 0.05) is 5.69 Å². The van der Waals surface area contributed by atoms with Gasteiger partial charge in [0.25, 0.3) is 0 Å². The molecule has 1 aliphatic heterocycles. The molecule has 0 unspecified atom stereocenters. The minimum atomic E-state index is -3.70. The minimum Gasteiger partial charge on any atom is -0.399 e. The quantitative estimate of drug-likeness (QED) is 0.847. The van der Waals surface area contributed by atoms with E-state index in [-0.39, 0.29) is 9.80 Å². The van der Waals surface area contributed by atoms with E-state index in [4.69, 9.17) is 5.73 Å². The van der Waals surface area contributed by atoms with E-state index in [1.807, 2.05) is 0 Å². The maximum Gasteiger partial charge on any atom is 0.204 e. The van der Waals surface area contributed by atoms with E-state index in [0.717, 1.165) is 0 Å². The van der Waals surface area contributed by atoms with Gasteiger partial charge in [0.2, 0.25) is 9.84 Å². The first-order valence-electron chi connectivity index (χ1n) is 5.71. The number of benzene rings is 1. The topological polar surface area (TPSA) is 94.3 Å². The molecule has 1 aliphatic rings. The first-order chi connectivity index (χ1) is 8.64. The third-order valence-corrected chi connectivity index (χ3v) is 7.28. The maximum absolute atomic E-state index is 12.2. The Labute approximate surface area is 113 Å². The third kappa shape index (κ3) is 2.40. The van der Waals surface area contributed by atoms with E-state index >= 15 is 0 Å². The Morgan fingerprint density at radius 2 is 1.89 bits per heavy atom. The Kier molecular flexibility index (Phi) is 3.22. The van der Waals surface area contributed by atoms with E-state index in [9.17, 15) is 16.8 Å². The predicted octanol–water partition coefficient (Wildman–Crippen LogP) is 1.22. The number of nitrogen functional groups attached to an aromatic ring is 1. The summed E-state index contributed by atoms with van der Waals surface area (Å²) in [4.78, 5) is 0.0393. The lowest BCUT2D eigenvalue weighted by atomic mass is 10.2. The highest BCUT2D eigenvalue weighted by molar-refractivity contribution is 7.98. The molecule has 0 fully saturated rings. The van der Waals surface area contributed by atoms with Crippen LogP contribution in [0.15, 0.2) is 28.0 Å². The van der Waals surface area contributed by atoms with E-state index in [2.05, 4.69) is 0 Å². The monoisotopic (exact) mass is 301 g/mol. The molecular formula is C12H15NO4S2. The van der Waals surface area contributed by atoms with Crippen LogP contribution in [-0.2, 0) is 19.7 Å². The molecule has 19 heavy (non-hydrogen) atoms. The molecule has 0 saturated carbocycles. The lowest BCUT2D eigenvalue weighted by Crippen LogP contribution is -2.21. The van der Waals surface area contributed by atoms with Crippen molar-refractivity contribution in [1.82, 2.24) is 0 Å². The zero-order valence-corrected chi connectivity index (χ0v) is 12.3. The molecule has 0 bridgehead atoms. The van der Waals surface area contributed by atoms with Gasteiger partial charge in [-0.05, 0) is 43.7 Å². The van der Waals surface area contributed by atoms with Crippen LogP contribution in [0.25, 0.3) is 6.08 Å². The van der Waals surface area contributed by atoms with E-state index in [1.54, 1.807) is 0 Å². The molecule has 7 heteroatoms. The molecule has 0 atom stereocenters. The molecule has 1 aromatic rings. The van der Waals surface area contributed by atoms with Crippen molar-refractivity contribution < 1.29 is 16.8 Å². The molecular weight excluding hydrogens is 286 g/mol. The average Bonchev–Trinajstić information content (AvgIpc) is 2.49. The number of fused-ring (bicyclic) bond motifs is 1. The van der Waals surface area contributed by atoms with Gasteiger partial charge in [0.1, 0.15) is 0 Å². The molecule has 1 aromatic carbocycles. The number of anilines is 1. The average molecular weight is 301 g/mol. The zero-order chi connectivity index (χ0) is 14.4. The van der Waals surface area contributed by atoms with Crippen LogP contribution in [0.2, 0.25) is 0 Å². The van der Waals surface area contributed by atoms with Gasteiger partial charge in [-0.3, -0.25) is 0 Å². The van der Waals surface area contributed by atoms with E-state index in [0.29, 0.717) is 11.3 Å². The lowest BCUT2D eigenvalue weighted by Gasteiger charge is -2.08. The van der Waals surface area contributed by atoms with Gasteiger partial charge in [0.05, 0.1) is 20.8 Å². The molecule has 0 aromatic heterocycles. The molecule has 2 rings (SSSR count). The number of hydrogen-bond acceptors (Lipinski definition) is 5. The molecule has 0 saturated heterocycles. The SMILES string of the molecule is CC(C)S(=O)(=O)CC1=Cc2cc(N)ccc2S1(=O)=O. The van der Waals surface area contributed by atoms with Gasteiger partial charge in [-0.1, -0.05) is 0 Å². The number of rotatable bonds is 3. The maximum atomic E-state index is 12.2. The Morgan fingerprint density at radius 3 is 2.47 bits per heavy atom. The fourth-order valence-electron chi connectivity index (χ4n) is 1.80. The highest BCUT2D eigenvalue weighted by Gasteiger charge is 2.33. The van der Waals surface area contributed by atoms with Crippen LogP contribution in [0.5, 0.6) is 0 Å². The molecule has 0 aliphatic carbocycles. The molecule has 104 valence electrons. The molecule has 2 N–H and O–H groups in total. The van der Waals surface area contributed by atoms with Crippen LogP contribution in [0.3, 0.4) is 0 Å². The van der Waals surface area contributed by atoms with E-state index in [1.165, 1.54) is 38.1 Å². The number of sulfone groups is 2. The van der Waals surface area contributed by atoms with Crippen LogP contribution in [0.1, 0.15) is 19.4 Å². The van der Waals surface area contributed by atoms with Crippen molar-refractivity contribution in [2.75, 3.05) is 11.5 Å². The van der Waals surface area contributed by atoms with Crippen molar-refractivity contribution in [3.63, 3.8) is 0 Å². The van der Waals surface area contributed by atoms with Crippen LogP contribution in [0, 0.1) is 0 Å². The predicted molar refractivity (Wildman–Crippen MR) is 74.9 cm³/mol. The molecule has 0 radical (unpaired) electrons. The Balaban J connectivity index is 2.50. The lowest BCUT2D eigenvalue weighted by molar-refractivity contribution is 0.587. The second-order valence-corrected chi connectivity index (χ2v) is 9.30. The summed E-state index contributed by atoms with van der Waals surface area (Å²) >= 11 is 0. The van der Waals surface area contributed by atoms with Gasteiger partial charge in [-0.2, -0.15) is 0 Å².